The zero-order valence-corrected chi connectivity index (χ0v) is 14.6. The monoisotopic (exact) mass is 341 g/mol. The van der Waals surface area contributed by atoms with Crippen LogP contribution in [0.3, 0.4) is 0 Å². The van der Waals surface area contributed by atoms with Gasteiger partial charge in [-0.15, -0.1) is 0 Å². The number of hydrogen-bond acceptors (Lipinski definition) is 3. The van der Waals surface area contributed by atoms with Gasteiger partial charge in [0, 0.05) is 16.7 Å². The second-order valence-corrected chi connectivity index (χ2v) is 5.95. The fourth-order valence-electron chi connectivity index (χ4n) is 2.36. The maximum atomic E-state index is 5.87. The van der Waals surface area contributed by atoms with E-state index >= 15 is 0 Å². The van der Waals surface area contributed by atoms with E-state index in [2.05, 4.69) is 52.6 Å². The summed E-state index contributed by atoms with van der Waals surface area (Å²) in [7, 11) is 0. The molecule has 114 valence electrons. The molecule has 0 amide bonds. The van der Waals surface area contributed by atoms with Crippen LogP contribution in [0.25, 0.3) is 0 Å². The Morgan fingerprint density at radius 3 is 2.20 bits per heavy atom. The highest BCUT2D eigenvalue weighted by Gasteiger charge is 2.08. The smallest absolute Gasteiger partial charge is 0.0318 e. The first-order valence-corrected chi connectivity index (χ1v) is 8.38. The molecule has 1 rings (SSSR count). The van der Waals surface area contributed by atoms with Crippen LogP contribution in [0.1, 0.15) is 32.8 Å². The number of rotatable bonds is 9. The molecule has 0 fully saturated rings. The van der Waals surface area contributed by atoms with E-state index in [0.717, 1.165) is 42.9 Å². The molecule has 0 heterocycles. The van der Waals surface area contributed by atoms with E-state index in [1.165, 1.54) is 18.5 Å². The fourth-order valence-corrected chi connectivity index (χ4v) is 2.74. The second kappa shape index (κ2) is 9.37. The third kappa shape index (κ3) is 5.81. The van der Waals surface area contributed by atoms with Crippen molar-refractivity contribution in [2.45, 2.75) is 33.7 Å². The lowest BCUT2D eigenvalue weighted by Crippen LogP contribution is -2.29. The van der Waals surface area contributed by atoms with Crippen molar-refractivity contribution in [1.82, 2.24) is 9.80 Å². The van der Waals surface area contributed by atoms with Crippen molar-refractivity contribution in [3.63, 3.8) is 0 Å². The zero-order valence-electron chi connectivity index (χ0n) is 13.0. The summed E-state index contributed by atoms with van der Waals surface area (Å²) < 4.78 is 1.15. The van der Waals surface area contributed by atoms with Crippen LogP contribution in [-0.4, -0.2) is 42.5 Å². The lowest BCUT2D eigenvalue weighted by molar-refractivity contribution is 0.238. The van der Waals surface area contributed by atoms with Crippen molar-refractivity contribution < 1.29 is 0 Å². The molecule has 0 saturated carbocycles. The van der Waals surface area contributed by atoms with Crippen molar-refractivity contribution in [2.24, 2.45) is 0 Å². The lowest BCUT2D eigenvalue weighted by atomic mass is 10.2. The Bertz CT molecular complexity index is 391. The molecule has 0 radical (unpaired) electrons. The number of benzene rings is 1. The molecule has 0 spiro atoms. The number of hydrogen-bond donors (Lipinski definition) is 1. The van der Waals surface area contributed by atoms with Gasteiger partial charge < -0.3 is 10.6 Å². The fraction of sp³-hybridized carbons (Fsp3) is 0.625. The molecule has 0 unspecified atom stereocenters. The lowest BCUT2D eigenvalue weighted by Gasteiger charge is -2.24. The topological polar surface area (TPSA) is 32.5 Å². The highest BCUT2D eigenvalue weighted by atomic mass is 79.9. The maximum Gasteiger partial charge on any atom is 0.0318 e. The largest absolute Gasteiger partial charge is 0.399 e. The molecule has 0 atom stereocenters. The Labute approximate surface area is 132 Å². The molecule has 1 aromatic rings. The summed E-state index contributed by atoms with van der Waals surface area (Å²) in [5.41, 5.74) is 7.98. The van der Waals surface area contributed by atoms with Crippen LogP contribution < -0.4 is 5.73 Å². The normalized spacial score (nSPS) is 11.5. The molecule has 0 saturated heterocycles. The van der Waals surface area contributed by atoms with Gasteiger partial charge in [0.1, 0.15) is 0 Å². The van der Waals surface area contributed by atoms with E-state index in [4.69, 9.17) is 5.73 Å². The van der Waals surface area contributed by atoms with E-state index in [1.54, 1.807) is 0 Å². The molecule has 4 heteroatoms. The van der Waals surface area contributed by atoms with Crippen LogP contribution in [0.15, 0.2) is 22.7 Å². The third-order valence-corrected chi connectivity index (χ3v) is 4.53. The number of nitrogens with two attached hydrogens (primary N) is 1. The summed E-state index contributed by atoms with van der Waals surface area (Å²) in [5, 5.41) is 0. The van der Waals surface area contributed by atoms with Crippen LogP contribution in [0.4, 0.5) is 5.69 Å². The number of nitrogen functional groups attached to an aromatic ring is 1. The quantitative estimate of drug-likeness (QED) is 0.696. The van der Waals surface area contributed by atoms with Gasteiger partial charge in [0.25, 0.3) is 0 Å². The minimum atomic E-state index is 0.836. The molecule has 0 aliphatic rings. The second-order valence-electron chi connectivity index (χ2n) is 5.10. The van der Waals surface area contributed by atoms with Gasteiger partial charge in [-0.25, -0.2) is 0 Å². The molecule has 0 aliphatic heterocycles. The summed E-state index contributed by atoms with van der Waals surface area (Å²) in [6.07, 6.45) is 1.22. The van der Waals surface area contributed by atoms with Crippen LogP contribution >= 0.6 is 15.9 Å². The van der Waals surface area contributed by atoms with Gasteiger partial charge in [-0.1, -0.05) is 36.7 Å². The Kier molecular flexibility index (Phi) is 8.19. The molecule has 0 bridgehead atoms. The average molecular weight is 342 g/mol. The number of halogens is 1. The summed E-state index contributed by atoms with van der Waals surface area (Å²) >= 11 is 3.61. The summed E-state index contributed by atoms with van der Waals surface area (Å²) in [4.78, 5) is 4.95. The van der Waals surface area contributed by atoms with Gasteiger partial charge in [0.2, 0.25) is 0 Å². The summed E-state index contributed by atoms with van der Waals surface area (Å²) in [5.74, 6) is 0. The first-order valence-electron chi connectivity index (χ1n) is 7.59. The summed E-state index contributed by atoms with van der Waals surface area (Å²) in [6.45, 7) is 13.3. The molecule has 2 N–H and O–H groups in total. The third-order valence-electron chi connectivity index (χ3n) is 3.75. The Balaban J connectivity index is 2.48. The van der Waals surface area contributed by atoms with Crippen LogP contribution in [0.5, 0.6) is 0 Å². The Morgan fingerprint density at radius 1 is 1.00 bits per heavy atom. The molecule has 20 heavy (non-hydrogen) atoms. The van der Waals surface area contributed by atoms with E-state index in [9.17, 15) is 0 Å². The first-order chi connectivity index (χ1) is 9.60. The van der Waals surface area contributed by atoms with Gasteiger partial charge in [0.05, 0.1) is 0 Å². The Morgan fingerprint density at radius 2 is 1.60 bits per heavy atom. The average Bonchev–Trinajstić information content (AvgIpc) is 2.46. The van der Waals surface area contributed by atoms with Crippen LogP contribution in [0, 0.1) is 0 Å². The molecule has 0 aliphatic carbocycles. The van der Waals surface area contributed by atoms with E-state index < -0.39 is 0 Å². The van der Waals surface area contributed by atoms with Crippen LogP contribution in [0.2, 0.25) is 0 Å². The van der Waals surface area contributed by atoms with E-state index in [0.29, 0.717) is 0 Å². The van der Waals surface area contributed by atoms with Crippen molar-refractivity contribution >= 4 is 21.6 Å². The predicted molar refractivity (Wildman–Crippen MR) is 91.9 cm³/mol. The minimum absolute atomic E-state index is 0.836. The standard InChI is InChI=1S/C16H28BrN3/c1-4-19(5-2)10-7-11-20(6-3)13-14-12-15(18)8-9-16(14)17/h8-9,12H,4-7,10-11,13,18H2,1-3H3. The Hall–Kier alpha value is -0.580. The van der Waals surface area contributed by atoms with E-state index in [-0.39, 0.29) is 0 Å². The van der Waals surface area contributed by atoms with Crippen molar-refractivity contribution in [2.75, 3.05) is 38.5 Å². The van der Waals surface area contributed by atoms with Gasteiger partial charge in [0.15, 0.2) is 0 Å². The number of anilines is 1. The summed E-state index contributed by atoms with van der Waals surface area (Å²) in [6, 6.07) is 6.04. The van der Waals surface area contributed by atoms with E-state index in [1.807, 2.05) is 12.1 Å². The number of nitrogens with zero attached hydrogens (tertiary/aromatic N) is 2. The first kappa shape index (κ1) is 17.5. The van der Waals surface area contributed by atoms with Crippen molar-refractivity contribution in [3.05, 3.63) is 28.2 Å². The molecule has 0 aromatic heterocycles. The van der Waals surface area contributed by atoms with Gasteiger partial charge in [-0.3, -0.25) is 4.90 Å². The molecule has 1 aromatic carbocycles. The highest BCUT2D eigenvalue weighted by Crippen LogP contribution is 2.21. The highest BCUT2D eigenvalue weighted by molar-refractivity contribution is 9.10. The molecular formula is C16H28BrN3. The van der Waals surface area contributed by atoms with Gasteiger partial charge in [-0.05, 0) is 62.9 Å². The zero-order chi connectivity index (χ0) is 15.0. The maximum absolute atomic E-state index is 5.87. The molecular weight excluding hydrogens is 314 g/mol. The van der Waals surface area contributed by atoms with Gasteiger partial charge >= 0.3 is 0 Å². The van der Waals surface area contributed by atoms with Gasteiger partial charge in [-0.2, -0.15) is 0 Å². The van der Waals surface area contributed by atoms with Crippen LogP contribution in [-0.2, 0) is 6.54 Å². The predicted octanol–water partition coefficient (Wildman–Crippen LogP) is 3.59. The van der Waals surface area contributed by atoms with Crippen molar-refractivity contribution in [1.29, 1.82) is 0 Å². The van der Waals surface area contributed by atoms with Crippen molar-refractivity contribution in [3.8, 4) is 0 Å². The SMILES string of the molecule is CCN(CC)CCCN(CC)Cc1cc(N)ccc1Br. The molecule has 3 nitrogen and oxygen atoms in total. The minimum Gasteiger partial charge on any atom is -0.399 e.